The van der Waals surface area contributed by atoms with Crippen LogP contribution in [0.2, 0.25) is 0 Å². The molecule has 5 heteroatoms. The molecule has 1 heterocycles. The zero-order chi connectivity index (χ0) is 10.8. The second-order valence-electron chi connectivity index (χ2n) is 2.99. The molecule has 78 valence electrons. The quantitative estimate of drug-likeness (QED) is 0.739. The summed E-state index contributed by atoms with van der Waals surface area (Å²) in [6.45, 7) is 0.310. The van der Waals surface area contributed by atoms with E-state index in [1.165, 1.54) is 0 Å². The number of carbonyl (C=O) groups excluding carboxylic acids is 1. The molecule has 0 fully saturated rings. The summed E-state index contributed by atoms with van der Waals surface area (Å²) in [5.41, 5.74) is 1.18. The van der Waals surface area contributed by atoms with E-state index >= 15 is 0 Å². The summed E-state index contributed by atoms with van der Waals surface area (Å²) >= 11 is 3.14. The minimum atomic E-state index is -0.0132. The summed E-state index contributed by atoms with van der Waals surface area (Å²) in [5, 5.41) is 0. The van der Waals surface area contributed by atoms with Crippen molar-refractivity contribution in [2.45, 2.75) is 4.90 Å². The normalized spacial score (nSPS) is 17.5. The molecule has 0 saturated heterocycles. The van der Waals surface area contributed by atoms with Crippen LogP contribution in [0.3, 0.4) is 0 Å². The van der Waals surface area contributed by atoms with Gasteiger partial charge < -0.3 is 4.74 Å². The van der Waals surface area contributed by atoms with Gasteiger partial charge in [0.25, 0.3) is 0 Å². The number of ketones is 1. The predicted molar refractivity (Wildman–Crippen MR) is 65.0 cm³/mol. The molecule has 0 spiro atoms. The highest BCUT2D eigenvalue weighted by atomic mass is 79.9. The molecule has 1 aromatic rings. The van der Waals surface area contributed by atoms with Crippen molar-refractivity contribution in [1.29, 1.82) is 0 Å². The van der Waals surface area contributed by atoms with Crippen LogP contribution in [-0.2, 0) is 0 Å². The monoisotopic (exact) mass is 304 g/mol. The second kappa shape index (κ2) is 4.60. The SMILES string of the molecule is O=C1/C(=C\Br)COc2ccc(SCl)cc21. The van der Waals surface area contributed by atoms with Crippen LogP contribution in [0.25, 0.3) is 0 Å². The minimum absolute atomic E-state index is 0.0132. The van der Waals surface area contributed by atoms with Crippen molar-refractivity contribution >= 4 is 43.4 Å². The molecular formula is C10H6BrClO2S. The Balaban J connectivity index is 2.49. The van der Waals surface area contributed by atoms with Gasteiger partial charge in [0, 0.05) is 10.5 Å². The molecule has 0 atom stereocenters. The third-order valence-electron chi connectivity index (χ3n) is 2.09. The van der Waals surface area contributed by atoms with Crippen LogP contribution < -0.4 is 4.74 Å². The fourth-order valence-corrected chi connectivity index (χ4v) is 2.25. The zero-order valence-corrected chi connectivity index (χ0v) is 10.7. The summed E-state index contributed by atoms with van der Waals surface area (Å²) in [6.07, 6.45) is 0. The third kappa shape index (κ3) is 2.07. The van der Waals surface area contributed by atoms with Crippen molar-refractivity contribution in [3.63, 3.8) is 0 Å². The Kier molecular flexibility index (Phi) is 3.38. The standard InChI is InChI=1S/C10H6BrClO2S/c11-4-6-5-14-9-2-1-7(15-12)3-8(9)10(6)13/h1-4H,5H2/b6-4-. The van der Waals surface area contributed by atoms with Crippen LogP contribution in [0, 0.1) is 0 Å². The molecule has 0 saturated carbocycles. The lowest BCUT2D eigenvalue weighted by Gasteiger charge is -2.18. The molecular weight excluding hydrogens is 300 g/mol. The van der Waals surface area contributed by atoms with E-state index in [1.807, 2.05) is 6.07 Å². The van der Waals surface area contributed by atoms with Gasteiger partial charge >= 0.3 is 0 Å². The van der Waals surface area contributed by atoms with Gasteiger partial charge in [-0.15, -0.1) is 0 Å². The first-order chi connectivity index (χ1) is 7.26. The van der Waals surface area contributed by atoms with Gasteiger partial charge in [-0.25, -0.2) is 0 Å². The van der Waals surface area contributed by atoms with E-state index in [0.717, 1.165) is 15.9 Å². The molecule has 0 bridgehead atoms. The molecule has 1 aromatic carbocycles. The van der Waals surface area contributed by atoms with Crippen LogP contribution >= 0.6 is 37.6 Å². The Morgan fingerprint density at radius 2 is 2.33 bits per heavy atom. The van der Waals surface area contributed by atoms with E-state index in [2.05, 4.69) is 15.9 Å². The van der Waals surface area contributed by atoms with E-state index in [1.54, 1.807) is 17.1 Å². The highest BCUT2D eigenvalue weighted by Crippen LogP contribution is 2.32. The number of hydrogen-bond acceptors (Lipinski definition) is 3. The number of fused-ring (bicyclic) bond motifs is 1. The molecule has 0 radical (unpaired) electrons. The van der Waals surface area contributed by atoms with Crippen molar-refractivity contribution in [3.05, 3.63) is 34.3 Å². The third-order valence-corrected chi connectivity index (χ3v) is 3.61. The zero-order valence-electron chi connectivity index (χ0n) is 7.50. The predicted octanol–water partition coefficient (Wildman–Crippen LogP) is 3.79. The van der Waals surface area contributed by atoms with E-state index < -0.39 is 0 Å². The Bertz CT molecular complexity index is 445. The highest BCUT2D eigenvalue weighted by molar-refractivity contribution is 9.11. The van der Waals surface area contributed by atoms with Gasteiger partial charge in [0.05, 0.1) is 5.56 Å². The van der Waals surface area contributed by atoms with Crippen molar-refractivity contribution in [2.24, 2.45) is 0 Å². The van der Waals surface area contributed by atoms with E-state index in [4.69, 9.17) is 15.4 Å². The fourth-order valence-electron chi connectivity index (χ4n) is 1.34. The Labute approximate surface area is 104 Å². The Hall–Kier alpha value is -0.450. The molecule has 0 aromatic heterocycles. The second-order valence-corrected chi connectivity index (χ2v) is 4.53. The Morgan fingerprint density at radius 3 is 3.00 bits per heavy atom. The van der Waals surface area contributed by atoms with E-state index in [-0.39, 0.29) is 5.78 Å². The van der Waals surface area contributed by atoms with Crippen LogP contribution in [0.5, 0.6) is 5.75 Å². The van der Waals surface area contributed by atoms with Gasteiger partial charge in [-0.3, -0.25) is 4.79 Å². The van der Waals surface area contributed by atoms with Crippen LogP contribution in [0.1, 0.15) is 10.4 Å². The van der Waals surface area contributed by atoms with Crippen LogP contribution in [0.4, 0.5) is 0 Å². The van der Waals surface area contributed by atoms with Gasteiger partial charge in [-0.05, 0) is 44.8 Å². The number of Topliss-reactive ketones (excluding diaryl/α,β-unsaturated/α-hetero) is 1. The molecule has 0 aliphatic carbocycles. The molecule has 1 aliphatic heterocycles. The van der Waals surface area contributed by atoms with Gasteiger partial charge in [0.15, 0.2) is 5.78 Å². The summed E-state index contributed by atoms with van der Waals surface area (Å²) in [7, 11) is 6.71. The summed E-state index contributed by atoms with van der Waals surface area (Å²) < 4.78 is 5.43. The van der Waals surface area contributed by atoms with Crippen LogP contribution in [0.15, 0.2) is 33.7 Å². The van der Waals surface area contributed by atoms with E-state index in [9.17, 15) is 4.79 Å². The average molecular weight is 306 g/mol. The largest absolute Gasteiger partial charge is 0.488 e. The molecule has 0 amide bonds. The van der Waals surface area contributed by atoms with Gasteiger partial charge in [-0.1, -0.05) is 15.9 Å². The number of carbonyl (C=O) groups is 1. The molecule has 0 unspecified atom stereocenters. The maximum atomic E-state index is 11.9. The highest BCUT2D eigenvalue weighted by Gasteiger charge is 2.23. The summed E-state index contributed by atoms with van der Waals surface area (Å²) in [6, 6.07) is 5.33. The van der Waals surface area contributed by atoms with E-state index in [0.29, 0.717) is 23.5 Å². The number of rotatable bonds is 1. The fraction of sp³-hybridized carbons (Fsp3) is 0.100. The number of halogens is 2. The first-order valence-corrected chi connectivity index (χ1v) is 6.71. The van der Waals surface area contributed by atoms with Gasteiger partial charge in [0.1, 0.15) is 12.4 Å². The molecule has 2 rings (SSSR count). The lowest BCUT2D eigenvalue weighted by atomic mass is 10.0. The van der Waals surface area contributed by atoms with Crippen molar-refractivity contribution in [2.75, 3.05) is 6.61 Å². The summed E-state index contributed by atoms with van der Waals surface area (Å²) in [5.74, 6) is 0.605. The lowest BCUT2D eigenvalue weighted by Crippen LogP contribution is -2.18. The topological polar surface area (TPSA) is 26.3 Å². The van der Waals surface area contributed by atoms with Crippen molar-refractivity contribution in [3.8, 4) is 5.75 Å². The van der Waals surface area contributed by atoms with Gasteiger partial charge in [0.2, 0.25) is 0 Å². The number of ether oxygens (including phenoxy) is 1. The maximum absolute atomic E-state index is 11.9. The average Bonchev–Trinajstić information content (AvgIpc) is 2.29. The maximum Gasteiger partial charge on any atom is 0.196 e. The van der Waals surface area contributed by atoms with Gasteiger partial charge in [-0.2, -0.15) is 0 Å². The molecule has 0 N–H and O–H groups in total. The molecule has 1 aliphatic rings. The van der Waals surface area contributed by atoms with Crippen LogP contribution in [-0.4, -0.2) is 12.4 Å². The van der Waals surface area contributed by atoms with Crippen molar-refractivity contribution < 1.29 is 9.53 Å². The summed E-state index contributed by atoms with van der Waals surface area (Å²) in [4.78, 5) is 14.3. The lowest BCUT2D eigenvalue weighted by molar-refractivity contribution is 0.0999. The minimum Gasteiger partial charge on any atom is -0.488 e. The Morgan fingerprint density at radius 1 is 1.53 bits per heavy atom. The first-order valence-electron chi connectivity index (χ1n) is 4.15. The molecule has 2 nitrogen and oxygen atoms in total. The number of hydrogen-bond donors (Lipinski definition) is 0. The van der Waals surface area contributed by atoms with Crippen molar-refractivity contribution in [1.82, 2.24) is 0 Å². The molecule has 15 heavy (non-hydrogen) atoms. The first kappa shape index (κ1) is 11.0. The smallest absolute Gasteiger partial charge is 0.196 e. The number of benzene rings is 1.